The van der Waals surface area contributed by atoms with Crippen LogP contribution in [0.5, 0.6) is 0 Å². The van der Waals surface area contributed by atoms with Crippen LogP contribution in [-0.4, -0.2) is 34.5 Å². The molecule has 0 saturated carbocycles. The fraction of sp³-hybridized carbons (Fsp3) is 0.167. The molecular weight excluding hydrogens is 206 g/mol. The van der Waals surface area contributed by atoms with Gasteiger partial charge < -0.3 is 0 Å². The van der Waals surface area contributed by atoms with E-state index in [9.17, 15) is 8.42 Å². The van der Waals surface area contributed by atoms with Gasteiger partial charge >= 0.3 is 0 Å². The van der Waals surface area contributed by atoms with E-state index in [4.69, 9.17) is 0 Å². The van der Waals surface area contributed by atoms with E-state index in [-0.39, 0.29) is 5.95 Å². The lowest BCUT2D eigenvalue weighted by Gasteiger charge is -1.98. The summed E-state index contributed by atoms with van der Waals surface area (Å²) in [6.45, 7) is 0. The van der Waals surface area contributed by atoms with Crippen molar-refractivity contribution >= 4 is 21.6 Å². The van der Waals surface area contributed by atoms with Crippen molar-refractivity contribution in [3.05, 3.63) is 18.3 Å². The molecule has 0 fully saturated rings. The van der Waals surface area contributed by atoms with E-state index >= 15 is 0 Å². The van der Waals surface area contributed by atoms with E-state index in [0.717, 1.165) is 6.26 Å². The van der Waals surface area contributed by atoms with Gasteiger partial charge in [-0.2, -0.15) is 9.61 Å². The van der Waals surface area contributed by atoms with Crippen LogP contribution in [0.1, 0.15) is 0 Å². The molecule has 1 radical (unpaired) electrons. The molecule has 7 nitrogen and oxygen atoms in total. The molecule has 0 amide bonds. The Balaban J connectivity index is 2.54. The molecule has 2 rings (SSSR count). The Bertz CT molecular complexity index is 560. The number of rotatable bonds is 2. The second kappa shape index (κ2) is 2.91. The minimum atomic E-state index is -3.37. The Morgan fingerprint density at radius 3 is 3.00 bits per heavy atom. The first-order valence-electron chi connectivity index (χ1n) is 3.62. The molecule has 0 aliphatic heterocycles. The summed E-state index contributed by atoms with van der Waals surface area (Å²) in [5, 5.41) is 11.1. The molecular formula is C6H6N5O2S. The molecule has 0 atom stereocenters. The molecule has 2 aromatic rings. The average Bonchev–Trinajstić information content (AvgIpc) is 2.47. The number of nitrogens with one attached hydrogen (secondary N) is 1. The lowest BCUT2D eigenvalue weighted by atomic mass is 10.6. The number of aromatic nitrogens is 4. The highest BCUT2D eigenvalue weighted by molar-refractivity contribution is 7.91. The minimum absolute atomic E-state index is 0.0550. The van der Waals surface area contributed by atoms with E-state index in [1.165, 1.54) is 4.52 Å². The fourth-order valence-electron chi connectivity index (χ4n) is 0.927. The summed E-state index contributed by atoms with van der Waals surface area (Å²) in [5.74, 6) is 0.0550. The summed E-state index contributed by atoms with van der Waals surface area (Å²) in [7, 11) is -3.37. The lowest BCUT2D eigenvalue weighted by Crippen LogP contribution is -2.12. The molecule has 14 heavy (non-hydrogen) atoms. The summed E-state index contributed by atoms with van der Waals surface area (Å²) in [5.41, 5.74) is 0.454. The average molecular weight is 212 g/mol. The fourth-order valence-corrected chi connectivity index (χ4v) is 1.39. The van der Waals surface area contributed by atoms with Crippen molar-refractivity contribution in [2.24, 2.45) is 0 Å². The number of hydrogen-bond donors (Lipinski definition) is 1. The molecule has 0 saturated heterocycles. The molecule has 0 aromatic carbocycles. The minimum Gasteiger partial charge on any atom is -0.250 e. The van der Waals surface area contributed by atoms with Crippen molar-refractivity contribution in [3.8, 4) is 0 Å². The van der Waals surface area contributed by atoms with Gasteiger partial charge in [0.2, 0.25) is 10.0 Å². The third-order valence-electron chi connectivity index (χ3n) is 1.41. The SMILES string of the molecule is CS(=O)(=O)Nc1nnc2cc[c]nn12. The van der Waals surface area contributed by atoms with Gasteiger partial charge in [-0.05, 0) is 12.1 Å². The van der Waals surface area contributed by atoms with Crippen LogP contribution in [0, 0.1) is 6.20 Å². The van der Waals surface area contributed by atoms with Gasteiger partial charge in [0.25, 0.3) is 5.95 Å². The van der Waals surface area contributed by atoms with Crippen LogP contribution in [0.25, 0.3) is 5.65 Å². The smallest absolute Gasteiger partial charge is 0.250 e. The third kappa shape index (κ3) is 1.64. The highest BCUT2D eigenvalue weighted by atomic mass is 32.2. The molecule has 8 heteroatoms. The Morgan fingerprint density at radius 1 is 1.50 bits per heavy atom. The number of sulfonamides is 1. The van der Waals surface area contributed by atoms with Crippen LogP contribution >= 0.6 is 0 Å². The van der Waals surface area contributed by atoms with Crippen molar-refractivity contribution in [2.45, 2.75) is 0 Å². The maximum absolute atomic E-state index is 10.9. The van der Waals surface area contributed by atoms with E-state index < -0.39 is 10.0 Å². The Labute approximate surface area is 79.8 Å². The van der Waals surface area contributed by atoms with Gasteiger partial charge in [-0.3, -0.25) is 0 Å². The van der Waals surface area contributed by atoms with Crippen LogP contribution in [0.4, 0.5) is 5.95 Å². The van der Waals surface area contributed by atoms with Crippen molar-refractivity contribution < 1.29 is 8.42 Å². The summed E-state index contributed by atoms with van der Waals surface area (Å²) >= 11 is 0. The van der Waals surface area contributed by atoms with Crippen LogP contribution in [0.3, 0.4) is 0 Å². The predicted molar refractivity (Wildman–Crippen MR) is 48.1 cm³/mol. The first kappa shape index (κ1) is 8.88. The van der Waals surface area contributed by atoms with E-state index in [1.807, 2.05) is 0 Å². The molecule has 73 valence electrons. The van der Waals surface area contributed by atoms with Crippen molar-refractivity contribution in [3.63, 3.8) is 0 Å². The van der Waals surface area contributed by atoms with Crippen LogP contribution in [0.2, 0.25) is 0 Å². The van der Waals surface area contributed by atoms with Crippen molar-refractivity contribution in [1.82, 2.24) is 19.8 Å². The number of fused-ring (bicyclic) bond motifs is 1. The third-order valence-corrected chi connectivity index (χ3v) is 1.96. The zero-order valence-electron chi connectivity index (χ0n) is 7.17. The largest absolute Gasteiger partial charge is 0.259 e. The Morgan fingerprint density at radius 2 is 2.29 bits per heavy atom. The molecule has 2 aromatic heterocycles. The van der Waals surface area contributed by atoms with Crippen LogP contribution < -0.4 is 4.72 Å². The maximum Gasteiger partial charge on any atom is 0.259 e. The Hall–Kier alpha value is -1.70. The summed E-state index contributed by atoms with van der Waals surface area (Å²) < 4.78 is 25.3. The van der Waals surface area contributed by atoms with Gasteiger partial charge in [-0.1, -0.05) is 0 Å². The topological polar surface area (TPSA) is 89.2 Å². The molecule has 2 heterocycles. The van der Waals surface area contributed by atoms with Crippen molar-refractivity contribution in [1.29, 1.82) is 0 Å². The zero-order chi connectivity index (χ0) is 10.2. The Kier molecular flexibility index (Phi) is 1.84. The lowest BCUT2D eigenvalue weighted by molar-refractivity contribution is 0.606. The van der Waals surface area contributed by atoms with Gasteiger partial charge in [-0.15, -0.1) is 10.2 Å². The number of anilines is 1. The zero-order valence-corrected chi connectivity index (χ0v) is 7.98. The monoisotopic (exact) mass is 212 g/mol. The maximum atomic E-state index is 10.9. The quantitative estimate of drug-likeness (QED) is 0.710. The van der Waals surface area contributed by atoms with Gasteiger partial charge in [-0.25, -0.2) is 13.1 Å². The molecule has 1 N–H and O–H groups in total. The highest BCUT2D eigenvalue weighted by Gasteiger charge is 2.09. The molecule has 0 spiro atoms. The second-order valence-electron chi connectivity index (χ2n) is 2.63. The van der Waals surface area contributed by atoms with Gasteiger partial charge in [0.15, 0.2) is 5.65 Å². The van der Waals surface area contributed by atoms with Gasteiger partial charge in [0.1, 0.15) is 6.20 Å². The second-order valence-corrected chi connectivity index (χ2v) is 4.38. The van der Waals surface area contributed by atoms with Crippen molar-refractivity contribution in [2.75, 3.05) is 11.0 Å². The molecule has 0 unspecified atom stereocenters. The highest BCUT2D eigenvalue weighted by Crippen LogP contribution is 2.05. The van der Waals surface area contributed by atoms with Crippen LogP contribution in [-0.2, 0) is 10.0 Å². The van der Waals surface area contributed by atoms with E-state index in [2.05, 4.69) is 26.2 Å². The number of hydrogen-bond acceptors (Lipinski definition) is 5. The summed E-state index contributed by atoms with van der Waals surface area (Å²) in [6.07, 6.45) is 3.57. The normalized spacial score (nSPS) is 11.8. The van der Waals surface area contributed by atoms with Gasteiger partial charge in [0, 0.05) is 0 Å². The predicted octanol–water partition coefficient (Wildman–Crippen LogP) is -0.704. The molecule has 0 aliphatic rings. The number of nitrogens with zero attached hydrogens (tertiary/aromatic N) is 4. The molecule has 0 bridgehead atoms. The van der Waals surface area contributed by atoms with Gasteiger partial charge in [0.05, 0.1) is 6.26 Å². The van der Waals surface area contributed by atoms with Crippen LogP contribution in [0.15, 0.2) is 12.1 Å². The first-order valence-corrected chi connectivity index (χ1v) is 5.52. The molecule has 0 aliphatic carbocycles. The van der Waals surface area contributed by atoms with E-state index in [0.29, 0.717) is 5.65 Å². The first-order chi connectivity index (χ1) is 6.56. The standard InChI is InChI=1S/C6H6N5O2S/c1-14(12,13)10-6-9-8-5-3-2-4-7-11(5)6/h2-3H,1H3,(H,9,10). The summed E-state index contributed by atoms with van der Waals surface area (Å²) in [6, 6.07) is 3.18. The van der Waals surface area contributed by atoms with E-state index in [1.54, 1.807) is 12.1 Å². The summed E-state index contributed by atoms with van der Waals surface area (Å²) in [4.78, 5) is 0.